The number of aryl methyl sites for hydroxylation is 1. The van der Waals surface area contributed by atoms with E-state index in [9.17, 15) is 4.79 Å². The van der Waals surface area contributed by atoms with Gasteiger partial charge < -0.3 is 0 Å². The van der Waals surface area contributed by atoms with Crippen molar-refractivity contribution in [3.8, 4) is 0 Å². The van der Waals surface area contributed by atoms with E-state index < -0.39 is 0 Å². The Morgan fingerprint density at radius 2 is 1.85 bits per heavy atom. The fraction of sp³-hybridized carbons (Fsp3) is 0.192. The molecule has 0 bridgehead atoms. The fourth-order valence-corrected chi connectivity index (χ4v) is 6.81. The average Bonchev–Trinajstić information content (AvgIpc) is 3.44. The molecule has 4 nitrogen and oxygen atoms in total. The van der Waals surface area contributed by atoms with Crippen LogP contribution in [0.2, 0.25) is 5.02 Å². The van der Waals surface area contributed by atoms with Gasteiger partial charge in [-0.05, 0) is 48.2 Å². The van der Waals surface area contributed by atoms with Gasteiger partial charge in [0.15, 0.2) is 4.34 Å². The molecule has 2 heterocycles. The molecule has 0 saturated carbocycles. The highest BCUT2D eigenvalue weighted by Gasteiger charge is 2.43. The Hall–Kier alpha value is -2.67. The van der Waals surface area contributed by atoms with Crippen molar-refractivity contribution in [2.24, 2.45) is 11.0 Å². The van der Waals surface area contributed by atoms with E-state index in [4.69, 9.17) is 16.7 Å². The van der Waals surface area contributed by atoms with E-state index in [0.717, 1.165) is 38.7 Å². The first-order valence-corrected chi connectivity index (χ1v) is 13.1. The molecule has 0 radical (unpaired) electrons. The minimum atomic E-state index is -0.117. The minimum absolute atomic E-state index is 0.00131. The number of nitrogens with zero attached hydrogens (tertiary/aromatic N) is 3. The van der Waals surface area contributed by atoms with Crippen LogP contribution in [0.25, 0.3) is 10.2 Å². The lowest BCUT2D eigenvalue weighted by Gasteiger charge is -2.29. The van der Waals surface area contributed by atoms with Crippen molar-refractivity contribution in [2.75, 3.05) is 5.75 Å². The summed E-state index contributed by atoms with van der Waals surface area (Å²) in [6.45, 7) is 0. The number of amides is 1. The zero-order valence-electron chi connectivity index (χ0n) is 17.6. The molecular formula is C26H20ClN3OS2. The van der Waals surface area contributed by atoms with Crippen LogP contribution in [0.15, 0.2) is 82.2 Å². The lowest BCUT2D eigenvalue weighted by Crippen LogP contribution is -2.33. The third kappa shape index (κ3) is 3.86. The summed E-state index contributed by atoms with van der Waals surface area (Å²) in [7, 11) is 0. The van der Waals surface area contributed by atoms with Crippen molar-refractivity contribution in [3.05, 3.63) is 94.5 Å². The predicted octanol–water partition coefficient (Wildman–Crippen LogP) is 6.59. The highest BCUT2D eigenvalue weighted by atomic mass is 35.5. The van der Waals surface area contributed by atoms with E-state index >= 15 is 0 Å². The number of hydrogen-bond donors (Lipinski definition) is 0. The van der Waals surface area contributed by atoms with Crippen LogP contribution in [0.4, 0.5) is 0 Å². The molecule has 33 heavy (non-hydrogen) atoms. The van der Waals surface area contributed by atoms with Gasteiger partial charge in [0.2, 0.25) is 0 Å². The second kappa shape index (κ2) is 8.60. The van der Waals surface area contributed by atoms with E-state index in [1.807, 2.05) is 42.5 Å². The highest BCUT2D eigenvalue weighted by molar-refractivity contribution is 8.01. The normalized spacial score (nSPS) is 19.3. The van der Waals surface area contributed by atoms with Crippen molar-refractivity contribution in [3.63, 3.8) is 0 Å². The molecule has 0 unspecified atom stereocenters. The Morgan fingerprint density at radius 1 is 1.06 bits per heavy atom. The third-order valence-electron chi connectivity index (χ3n) is 6.29. The molecule has 0 spiro atoms. The molecule has 164 valence electrons. The van der Waals surface area contributed by atoms with Gasteiger partial charge in [0, 0.05) is 16.5 Å². The van der Waals surface area contributed by atoms with Crippen LogP contribution in [0.3, 0.4) is 0 Å². The van der Waals surface area contributed by atoms with Crippen molar-refractivity contribution < 1.29 is 4.79 Å². The van der Waals surface area contributed by atoms with E-state index in [0.29, 0.717) is 10.8 Å². The maximum Gasteiger partial charge on any atom is 0.253 e. The van der Waals surface area contributed by atoms with Gasteiger partial charge in [-0.2, -0.15) is 5.10 Å². The summed E-state index contributed by atoms with van der Waals surface area (Å²) in [4.78, 5) is 18.1. The van der Waals surface area contributed by atoms with Gasteiger partial charge in [-0.1, -0.05) is 71.9 Å². The van der Waals surface area contributed by atoms with Crippen LogP contribution in [0.1, 0.15) is 29.2 Å². The Labute approximate surface area is 205 Å². The summed E-state index contributed by atoms with van der Waals surface area (Å²) in [5.74, 6) is 0.478. The standard InChI is InChI=1S/C26H20ClN3OS2/c27-18-12-9-17(10-13-18)25-20-14-11-16-5-1-2-6-19(16)24(20)29-30(25)23(31)15-32-26-28-21-7-3-4-8-22(21)33-26/h1-10,12-13,20,25H,11,14-15H2/t20-,25+/m1/s1. The topological polar surface area (TPSA) is 45.6 Å². The van der Waals surface area contributed by atoms with Crippen molar-refractivity contribution >= 4 is 56.5 Å². The molecular weight excluding hydrogens is 470 g/mol. The van der Waals surface area contributed by atoms with E-state index in [1.165, 1.54) is 22.9 Å². The predicted molar refractivity (Wildman–Crippen MR) is 136 cm³/mol. The number of hydrazone groups is 1. The number of hydrogen-bond acceptors (Lipinski definition) is 5. The molecule has 4 aromatic rings. The Bertz CT molecular complexity index is 1350. The van der Waals surface area contributed by atoms with Gasteiger partial charge in [-0.15, -0.1) is 11.3 Å². The van der Waals surface area contributed by atoms with Gasteiger partial charge in [0.25, 0.3) is 5.91 Å². The molecule has 1 aromatic heterocycles. The first kappa shape index (κ1) is 20.9. The zero-order chi connectivity index (χ0) is 22.4. The number of thiazole rings is 1. The number of rotatable bonds is 4. The molecule has 6 rings (SSSR count). The van der Waals surface area contributed by atoms with Gasteiger partial charge in [0.05, 0.1) is 27.7 Å². The van der Waals surface area contributed by atoms with Crippen LogP contribution >= 0.6 is 34.7 Å². The third-order valence-corrected chi connectivity index (χ3v) is 8.71. The van der Waals surface area contributed by atoms with E-state index in [2.05, 4.69) is 35.3 Å². The molecule has 0 fully saturated rings. The first-order chi connectivity index (χ1) is 16.2. The number of benzene rings is 3. The number of fused-ring (bicyclic) bond motifs is 4. The Balaban J connectivity index is 1.31. The molecule has 3 aromatic carbocycles. The van der Waals surface area contributed by atoms with Crippen LogP contribution in [-0.2, 0) is 11.2 Å². The van der Waals surface area contributed by atoms with Crippen LogP contribution in [0.5, 0.6) is 0 Å². The monoisotopic (exact) mass is 489 g/mol. The highest BCUT2D eigenvalue weighted by Crippen LogP contribution is 2.44. The minimum Gasteiger partial charge on any atom is -0.272 e. The van der Waals surface area contributed by atoms with Crippen molar-refractivity contribution in [2.45, 2.75) is 23.2 Å². The zero-order valence-corrected chi connectivity index (χ0v) is 20.0. The van der Waals surface area contributed by atoms with Crippen LogP contribution in [-0.4, -0.2) is 27.4 Å². The molecule has 1 aliphatic heterocycles. The summed E-state index contributed by atoms with van der Waals surface area (Å²) in [5, 5.41) is 7.33. The lowest BCUT2D eigenvalue weighted by atomic mass is 9.77. The number of carbonyl (C=O) groups is 1. The first-order valence-electron chi connectivity index (χ1n) is 10.9. The number of para-hydroxylation sites is 1. The summed E-state index contributed by atoms with van der Waals surface area (Å²) in [6.07, 6.45) is 1.96. The Morgan fingerprint density at radius 3 is 2.70 bits per heavy atom. The molecule has 0 saturated heterocycles. The summed E-state index contributed by atoms with van der Waals surface area (Å²) in [6, 6.07) is 24.2. The molecule has 7 heteroatoms. The Kier molecular flexibility index (Phi) is 5.45. The second-order valence-electron chi connectivity index (χ2n) is 8.26. The number of aromatic nitrogens is 1. The SMILES string of the molecule is O=C(CSc1nc2ccccc2s1)N1N=C2c3ccccc3CC[C@H]2[C@@H]1c1ccc(Cl)cc1. The average molecular weight is 490 g/mol. The largest absolute Gasteiger partial charge is 0.272 e. The van der Waals surface area contributed by atoms with Gasteiger partial charge in [0.1, 0.15) is 0 Å². The number of halogens is 1. The van der Waals surface area contributed by atoms with E-state index in [1.54, 1.807) is 16.3 Å². The lowest BCUT2D eigenvalue weighted by molar-refractivity contribution is -0.130. The quantitative estimate of drug-likeness (QED) is 0.304. The number of carbonyl (C=O) groups excluding carboxylic acids is 1. The van der Waals surface area contributed by atoms with Crippen molar-refractivity contribution in [1.29, 1.82) is 0 Å². The van der Waals surface area contributed by atoms with E-state index in [-0.39, 0.29) is 17.9 Å². The second-order valence-corrected chi connectivity index (χ2v) is 10.9. The summed E-state index contributed by atoms with van der Waals surface area (Å²) in [5.41, 5.74) is 5.54. The summed E-state index contributed by atoms with van der Waals surface area (Å²) >= 11 is 9.26. The number of thioether (sulfide) groups is 1. The fourth-order valence-electron chi connectivity index (χ4n) is 4.77. The maximum absolute atomic E-state index is 13.5. The van der Waals surface area contributed by atoms with Gasteiger partial charge in [-0.25, -0.2) is 9.99 Å². The van der Waals surface area contributed by atoms with Crippen LogP contribution < -0.4 is 0 Å². The maximum atomic E-state index is 13.5. The van der Waals surface area contributed by atoms with Crippen molar-refractivity contribution in [1.82, 2.24) is 9.99 Å². The smallest absolute Gasteiger partial charge is 0.253 e. The molecule has 2 aliphatic rings. The van der Waals surface area contributed by atoms with Crippen LogP contribution in [0, 0.1) is 5.92 Å². The molecule has 0 N–H and O–H groups in total. The molecule has 1 aliphatic carbocycles. The van der Waals surface area contributed by atoms with Gasteiger partial charge in [-0.3, -0.25) is 4.79 Å². The molecule has 1 amide bonds. The van der Waals surface area contributed by atoms with Gasteiger partial charge >= 0.3 is 0 Å². The molecule has 2 atom stereocenters. The summed E-state index contributed by atoms with van der Waals surface area (Å²) < 4.78 is 2.04.